The van der Waals surface area contributed by atoms with Crippen LogP contribution in [0.15, 0.2) is 84.9 Å². The van der Waals surface area contributed by atoms with Gasteiger partial charge in [0.05, 0.1) is 13.2 Å². The summed E-state index contributed by atoms with van der Waals surface area (Å²) in [6, 6.07) is 28.9. The predicted octanol–water partition coefficient (Wildman–Crippen LogP) is 4.12. The predicted molar refractivity (Wildman–Crippen MR) is 108 cm³/mol. The third kappa shape index (κ3) is 4.63. The zero-order valence-electron chi connectivity index (χ0n) is 14.8. The Morgan fingerprint density at radius 1 is 0.593 bits per heavy atom. The van der Waals surface area contributed by atoms with E-state index in [9.17, 15) is 0 Å². The van der Waals surface area contributed by atoms with Crippen molar-refractivity contribution in [1.82, 2.24) is 0 Å². The van der Waals surface area contributed by atoms with E-state index in [0.717, 1.165) is 22.3 Å². The fraction of sp³-hybridized carbons (Fsp3) is 0.130. The summed E-state index contributed by atoms with van der Waals surface area (Å²) in [5, 5.41) is 28.7. The van der Waals surface area contributed by atoms with Gasteiger partial charge in [0.1, 0.15) is 17.6 Å². The molecule has 0 radical (unpaired) electrons. The van der Waals surface area contributed by atoms with Crippen molar-refractivity contribution in [2.24, 2.45) is 0 Å². The number of hydrogen-bond donors (Lipinski definition) is 3. The quantitative estimate of drug-likeness (QED) is 0.511. The number of fused-ring (bicyclic) bond motifs is 2. The minimum Gasteiger partial charge on any atom is -0.456 e. The van der Waals surface area contributed by atoms with E-state index >= 15 is 0 Å². The Hall–Kier alpha value is -2.92. The van der Waals surface area contributed by atoms with Crippen LogP contribution in [0.25, 0.3) is 21.5 Å². The minimum atomic E-state index is -0.954. The van der Waals surface area contributed by atoms with Crippen molar-refractivity contribution in [3.63, 3.8) is 0 Å². The summed E-state index contributed by atoms with van der Waals surface area (Å²) in [5.74, 6) is 1.79. The molecule has 4 rings (SSSR count). The molecule has 0 aromatic heterocycles. The second-order valence-electron chi connectivity index (χ2n) is 6.08. The molecule has 0 saturated carbocycles. The van der Waals surface area contributed by atoms with Gasteiger partial charge in [0.2, 0.25) is 0 Å². The smallest absolute Gasteiger partial charge is 0.135 e. The van der Waals surface area contributed by atoms with Crippen LogP contribution >= 0.6 is 0 Å². The molecule has 4 aromatic carbocycles. The van der Waals surface area contributed by atoms with Crippen molar-refractivity contribution >= 4 is 21.5 Å². The van der Waals surface area contributed by atoms with Gasteiger partial charge in [-0.1, -0.05) is 72.8 Å². The van der Waals surface area contributed by atoms with Crippen molar-refractivity contribution < 1.29 is 20.1 Å². The normalized spacial score (nSPS) is 10.7. The second kappa shape index (κ2) is 9.14. The van der Waals surface area contributed by atoms with Crippen molar-refractivity contribution in [1.29, 1.82) is 0 Å². The molecule has 3 N–H and O–H groups in total. The topological polar surface area (TPSA) is 69.9 Å². The van der Waals surface area contributed by atoms with Gasteiger partial charge < -0.3 is 20.1 Å². The molecule has 0 heterocycles. The van der Waals surface area contributed by atoms with E-state index in [0.29, 0.717) is 0 Å². The Balaban J connectivity index is 0.000000307. The summed E-state index contributed by atoms with van der Waals surface area (Å²) < 4.78 is 6.20. The zero-order chi connectivity index (χ0) is 19.1. The Bertz CT molecular complexity index is 921. The van der Waals surface area contributed by atoms with Crippen LogP contribution in [0.2, 0.25) is 0 Å². The molecule has 0 spiro atoms. The highest BCUT2D eigenvalue weighted by Gasteiger charge is 2.05. The van der Waals surface area contributed by atoms with Gasteiger partial charge in [-0.05, 0) is 22.9 Å². The highest BCUT2D eigenvalue weighted by atomic mass is 16.5. The van der Waals surface area contributed by atoms with Gasteiger partial charge in [0.15, 0.2) is 0 Å². The summed E-state index contributed by atoms with van der Waals surface area (Å²) in [6.45, 7) is -0.729. The van der Waals surface area contributed by atoms with E-state index in [2.05, 4.69) is 36.4 Å². The van der Waals surface area contributed by atoms with Gasteiger partial charge in [-0.15, -0.1) is 0 Å². The number of ether oxygens (including phenoxy) is 1. The molecule has 4 heteroatoms. The van der Waals surface area contributed by atoms with Gasteiger partial charge in [-0.3, -0.25) is 0 Å². The number of aliphatic hydroxyl groups excluding tert-OH is 3. The fourth-order valence-electron chi connectivity index (χ4n) is 2.75. The SMILES string of the molecule is OCC(O)CO.c1ccc2c(Oc3cccc4ccccc34)cccc2c1. The van der Waals surface area contributed by atoms with Crippen LogP contribution in [0.4, 0.5) is 0 Å². The highest BCUT2D eigenvalue weighted by Crippen LogP contribution is 2.33. The maximum absolute atomic E-state index is 8.17. The lowest BCUT2D eigenvalue weighted by atomic mass is 10.1. The molecule has 4 nitrogen and oxygen atoms in total. The molecule has 138 valence electrons. The summed E-state index contributed by atoms with van der Waals surface area (Å²) in [7, 11) is 0. The van der Waals surface area contributed by atoms with Crippen LogP contribution in [-0.2, 0) is 0 Å². The number of rotatable bonds is 4. The van der Waals surface area contributed by atoms with Gasteiger partial charge in [0, 0.05) is 10.8 Å². The monoisotopic (exact) mass is 362 g/mol. The summed E-state index contributed by atoms with van der Waals surface area (Å²) in [5.41, 5.74) is 0. The average Bonchev–Trinajstić information content (AvgIpc) is 2.74. The molecule has 0 fully saturated rings. The molecule has 4 aromatic rings. The van der Waals surface area contributed by atoms with E-state index in [1.807, 2.05) is 48.5 Å². The summed E-state index contributed by atoms with van der Waals surface area (Å²) >= 11 is 0. The molecular formula is C23H22O4. The molecule has 0 aliphatic rings. The van der Waals surface area contributed by atoms with E-state index in [1.165, 1.54) is 10.8 Å². The van der Waals surface area contributed by atoms with Crippen molar-refractivity contribution in [2.45, 2.75) is 6.10 Å². The molecule has 0 atom stereocenters. The lowest BCUT2D eigenvalue weighted by Crippen LogP contribution is -2.15. The molecule has 0 saturated heterocycles. The van der Waals surface area contributed by atoms with E-state index in [1.54, 1.807) is 0 Å². The lowest BCUT2D eigenvalue weighted by Gasteiger charge is -2.11. The summed E-state index contributed by atoms with van der Waals surface area (Å²) in [4.78, 5) is 0. The first kappa shape index (κ1) is 18.9. The van der Waals surface area contributed by atoms with Crippen LogP contribution in [0.1, 0.15) is 0 Å². The Morgan fingerprint density at radius 3 is 1.41 bits per heavy atom. The van der Waals surface area contributed by atoms with Gasteiger partial charge in [-0.25, -0.2) is 0 Å². The van der Waals surface area contributed by atoms with E-state index in [4.69, 9.17) is 20.1 Å². The van der Waals surface area contributed by atoms with Crippen LogP contribution in [-0.4, -0.2) is 34.6 Å². The largest absolute Gasteiger partial charge is 0.456 e. The van der Waals surface area contributed by atoms with Gasteiger partial charge in [0.25, 0.3) is 0 Å². The van der Waals surface area contributed by atoms with Crippen molar-refractivity contribution in [3.8, 4) is 11.5 Å². The summed E-state index contributed by atoms with van der Waals surface area (Å²) in [6.07, 6.45) is -0.954. The van der Waals surface area contributed by atoms with Crippen LogP contribution < -0.4 is 4.74 Å². The third-order valence-corrected chi connectivity index (χ3v) is 4.14. The minimum absolute atomic E-state index is 0.365. The van der Waals surface area contributed by atoms with Gasteiger partial charge in [-0.2, -0.15) is 0 Å². The zero-order valence-corrected chi connectivity index (χ0v) is 14.8. The second-order valence-corrected chi connectivity index (χ2v) is 6.08. The molecular weight excluding hydrogens is 340 g/mol. The number of benzene rings is 4. The van der Waals surface area contributed by atoms with Gasteiger partial charge >= 0.3 is 0 Å². The first-order chi connectivity index (χ1) is 13.2. The van der Waals surface area contributed by atoms with Crippen molar-refractivity contribution in [3.05, 3.63) is 84.9 Å². The first-order valence-corrected chi connectivity index (χ1v) is 8.76. The lowest BCUT2D eigenvalue weighted by molar-refractivity contribution is 0.0450. The standard InChI is InChI=1S/C20H14O.C3H8O3/c1-3-11-17-15(7-1)9-5-13-19(17)21-20-14-6-10-16-8-2-4-12-18(16)20;4-1-3(6)2-5/h1-14H;3-6H,1-2H2. The molecule has 27 heavy (non-hydrogen) atoms. The van der Waals surface area contributed by atoms with Crippen LogP contribution in [0.3, 0.4) is 0 Å². The maximum atomic E-state index is 8.17. The van der Waals surface area contributed by atoms with Crippen molar-refractivity contribution in [2.75, 3.05) is 13.2 Å². The number of hydrogen-bond acceptors (Lipinski definition) is 4. The van der Waals surface area contributed by atoms with Crippen LogP contribution in [0, 0.1) is 0 Å². The van der Waals surface area contributed by atoms with E-state index < -0.39 is 6.10 Å². The fourth-order valence-corrected chi connectivity index (χ4v) is 2.75. The maximum Gasteiger partial charge on any atom is 0.135 e. The Kier molecular flexibility index (Phi) is 6.39. The van der Waals surface area contributed by atoms with Crippen LogP contribution in [0.5, 0.6) is 11.5 Å². The number of aliphatic hydroxyl groups is 3. The molecule has 0 amide bonds. The first-order valence-electron chi connectivity index (χ1n) is 8.76. The average molecular weight is 362 g/mol. The molecule has 0 aliphatic heterocycles. The molecule has 0 aliphatic carbocycles. The highest BCUT2D eigenvalue weighted by molar-refractivity contribution is 5.91. The molecule has 0 bridgehead atoms. The molecule has 0 unspecified atom stereocenters. The Morgan fingerprint density at radius 2 is 1.00 bits per heavy atom. The van der Waals surface area contributed by atoms with E-state index in [-0.39, 0.29) is 13.2 Å². The Labute approximate surface area is 157 Å². The third-order valence-electron chi connectivity index (χ3n) is 4.14.